The van der Waals surface area contributed by atoms with Gasteiger partial charge in [-0.05, 0) is 36.8 Å². The van der Waals surface area contributed by atoms with Crippen LogP contribution in [0.2, 0.25) is 0 Å². The summed E-state index contributed by atoms with van der Waals surface area (Å²) in [5.41, 5.74) is 4.26. The molecule has 2 fully saturated rings. The van der Waals surface area contributed by atoms with Crippen LogP contribution in [0.15, 0.2) is 36.4 Å². The summed E-state index contributed by atoms with van der Waals surface area (Å²) in [5.74, 6) is 1.62. The highest BCUT2D eigenvalue weighted by Crippen LogP contribution is 2.54. The molecule has 0 atom stereocenters. The van der Waals surface area contributed by atoms with Gasteiger partial charge in [0.15, 0.2) is 0 Å². The van der Waals surface area contributed by atoms with Gasteiger partial charge in [0.2, 0.25) is 0 Å². The van der Waals surface area contributed by atoms with Crippen molar-refractivity contribution in [2.45, 2.75) is 66.2 Å². The molecule has 2 aliphatic heterocycles. The van der Waals surface area contributed by atoms with E-state index in [2.05, 4.69) is 79.7 Å². The Bertz CT molecular complexity index is 940. The van der Waals surface area contributed by atoms with Gasteiger partial charge in [0.05, 0.1) is 31.8 Å². The summed E-state index contributed by atoms with van der Waals surface area (Å²) in [6.07, 6.45) is 0. The van der Waals surface area contributed by atoms with Crippen LogP contribution in [0.5, 0.6) is 11.5 Å². The molecular weight excluding hydrogens is 482 g/mol. The molecule has 8 heteroatoms. The Morgan fingerprint density at radius 2 is 0.971 bits per heavy atom. The number of hydrogen-bond donors (Lipinski definition) is 0. The molecule has 0 N–H and O–H groups in total. The summed E-state index contributed by atoms with van der Waals surface area (Å²) in [6.45, 7) is 19.1. The van der Waals surface area contributed by atoms with Gasteiger partial charge >= 0.3 is 17.2 Å². The minimum absolute atomic E-state index is 0.0414. The molecule has 2 heterocycles. The summed E-state index contributed by atoms with van der Waals surface area (Å²) in [7, 11) is -2.96. The lowest BCUT2D eigenvalue weighted by atomic mass is 9.85. The normalized spacial score (nSPS) is 25.5. The van der Waals surface area contributed by atoms with E-state index in [9.17, 15) is 0 Å². The Labute approximate surface area is 212 Å². The largest absolute Gasteiger partial charge is 0.426 e. The van der Waals surface area contributed by atoms with Gasteiger partial charge < -0.3 is 27.1 Å². The van der Waals surface area contributed by atoms with Gasteiger partial charge in [-0.15, -0.1) is 0 Å². The van der Waals surface area contributed by atoms with Crippen LogP contribution >= 0.6 is 17.2 Å². The highest BCUT2D eigenvalue weighted by Gasteiger charge is 2.45. The second-order valence-electron chi connectivity index (χ2n) is 11.7. The second-order valence-corrected chi connectivity index (χ2v) is 14.0. The van der Waals surface area contributed by atoms with Crippen molar-refractivity contribution in [2.75, 3.05) is 26.4 Å². The predicted molar refractivity (Wildman–Crippen MR) is 141 cm³/mol. The number of aryl methyl sites for hydroxylation is 2. The molecule has 6 nitrogen and oxygen atoms in total. The van der Waals surface area contributed by atoms with Crippen molar-refractivity contribution in [3.8, 4) is 11.5 Å². The number of hydrogen-bond acceptors (Lipinski definition) is 6. The fraction of sp³-hybridized carbons (Fsp3) is 0.556. The smallest absolute Gasteiger partial charge is 0.397 e. The fourth-order valence-electron chi connectivity index (χ4n) is 3.97. The molecular formula is C27H38O6P2. The van der Waals surface area contributed by atoms with Crippen LogP contribution < -0.4 is 9.05 Å². The molecule has 0 aliphatic carbocycles. The number of rotatable bonds is 4. The van der Waals surface area contributed by atoms with E-state index < -0.39 is 17.2 Å². The van der Waals surface area contributed by atoms with Gasteiger partial charge in [0.1, 0.15) is 11.5 Å². The second kappa shape index (κ2) is 10.2. The van der Waals surface area contributed by atoms with E-state index in [1.54, 1.807) is 0 Å². The van der Waals surface area contributed by atoms with E-state index in [0.29, 0.717) is 26.4 Å². The topological polar surface area (TPSA) is 55.4 Å². The van der Waals surface area contributed by atoms with E-state index in [-0.39, 0.29) is 16.2 Å². The molecule has 0 aromatic heterocycles. The molecule has 4 rings (SSSR count). The summed E-state index contributed by atoms with van der Waals surface area (Å²) < 4.78 is 36.5. The molecule has 192 valence electrons. The third-order valence-corrected chi connectivity index (χ3v) is 8.19. The van der Waals surface area contributed by atoms with Gasteiger partial charge in [-0.1, -0.05) is 76.9 Å². The first kappa shape index (κ1) is 26.8. The molecule has 2 aromatic rings. The quantitative estimate of drug-likeness (QED) is 0.382. The maximum absolute atomic E-state index is 6.17. The van der Waals surface area contributed by atoms with Crippen molar-refractivity contribution in [1.82, 2.24) is 0 Å². The van der Waals surface area contributed by atoms with Crippen LogP contribution in [0.4, 0.5) is 0 Å². The van der Waals surface area contributed by atoms with Crippen LogP contribution in [0.1, 0.15) is 63.8 Å². The molecule has 2 saturated heterocycles. The Morgan fingerprint density at radius 3 is 1.29 bits per heavy atom. The van der Waals surface area contributed by atoms with Crippen LogP contribution in [0, 0.1) is 19.3 Å². The van der Waals surface area contributed by atoms with Crippen molar-refractivity contribution in [3.63, 3.8) is 0 Å². The van der Waals surface area contributed by atoms with Gasteiger partial charge in [-0.3, -0.25) is 0 Å². The lowest BCUT2D eigenvalue weighted by molar-refractivity contribution is -0.0673. The third kappa shape index (κ3) is 6.55. The standard InChI is InChI=1S/C27H38O6P2/c1-19-9-11-23(21(13-19)25(3,4)5)32-34-28-15-27(16-29-34)17-30-35(31-18-27)33-24-12-10-20(2)14-22(24)26(6,7)8/h9-14H,15-18H2,1-8H3. The lowest BCUT2D eigenvalue weighted by Crippen LogP contribution is -2.45. The maximum atomic E-state index is 6.17. The van der Waals surface area contributed by atoms with Crippen molar-refractivity contribution in [1.29, 1.82) is 0 Å². The fourth-order valence-corrected chi connectivity index (χ4v) is 6.48. The molecule has 2 aromatic carbocycles. The van der Waals surface area contributed by atoms with E-state index in [1.807, 2.05) is 12.1 Å². The first-order chi connectivity index (χ1) is 16.3. The summed E-state index contributed by atoms with van der Waals surface area (Å²) in [6, 6.07) is 12.4. The van der Waals surface area contributed by atoms with Crippen molar-refractivity contribution < 1.29 is 27.1 Å². The van der Waals surface area contributed by atoms with E-state index in [1.165, 1.54) is 11.1 Å². The molecule has 35 heavy (non-hydrogen) atoms. The van der Waals surface area contributed by atoms with Gasteiger partial charge in [0.25, 0.3) is 0 Å². The van der Waals surface area contributed by atoms with Crippen LogP contribution in [0.25, 0.3) is 0 Å². The average Bonchev–Trinajstić information content (AvgIpc) is 2.78. The highest BCUT2D eigenvalue weighted by molar-refractivity contribution is 7.42. The molecule has 0 radical (unpaired) electrons. The van der Waals surface area contributed by atoms with Gasteiger partial charge in [-0.2, -0.15) is 0 Å². The zero-order chi connectivity index (χ0) is 25.4. The van der Waals surface area contributed by atoms with Crippen LogP contribution in [-0.2, 0) is 28.9 Å². The minimum Gasteiger partial charge on any atom is -0.426 e. The Hall–Kier alpha value is -1.26. The molecule has 0 bridgehead atoms. The summed E-state index contributed by atoms with van der Waals surface area (Å²) >= 11 is 0. The van der Waals surface area contributed by atoms with E-state index >= 15 is 0 Å². The maximum Gasteiger partial charge on any atom is 0.397 e. The number of benzene rings is 2. The van der Waals surface area contributed by atoms with Crippen LogP contribution in [0.3, 0.4) is 0 Å². The first-order valence-electron chi connectivity index (χ1n) is 12.0. The lowest BCUT2D eigenvalue weighted by Gasteiger charge is -2.41. The summed E-state index contributed by atoms with van der Waals surface area (Å²) in [5, 5.41) is 0. The first-order valence-corrected chi connectivity index (χ1v) is 14.2. The summed E-state index contributed by atoms with van der Waals surface area (Å²) in [4.78, 5) is 0. The van der Waals surface area contributed by atoms with E-state index in [4.69, 9.17) is 27.1 Å². The Kier molecular flexibility index (Phi) is 7.84. The Balaban J connectivity index is 1.33. The third-order valence-electron chi connectivity index (χ3n) is 6.14. The molecule has 0 unspecified atom stereocenters. The van der Waals surface area contributed by atoms with Gasteiger partial charge in [0, 0.05) is 11.1 Å². The average molecular weight is 521 g/mol. The Morgan fingerprint density at radius 1 is 0.629 bits per heavy atom. The monoisotopic (exact) mass is 520 g/mol. The zero-order valence-electron chi connectivity index (χ0n) is 22.1. The molecule has 0 saturated carbocycles. The zero-order valence-corrected chi connectivity index (χ0v) is 23.9. The van der Waals surface area contributed by atoms with Crippen molar-refractivity contribution >= 4 is 17.2 Å². The SMILES string of the molecule is Cc1ccc(OP2OCC3(CO2)COP(Oc2ccc(C)cc2C(C)(C)C)OC3)c(C(C)(C)C)c1. The molecule has 2 aliphatic rings. The van der Waals surface area contributed by atoms with Crippen molar-refractivity contribution in [3.05, 3.63) is 58.7 Å². The minimum atomic E-state index is -1.48. The van der Waals surface area contributed by atoms with Gasteiger partial charge in [-0.25, -0.2) is 0 Å². The highest BCUT2D eigenvalue weighted by atomic mass is 31.2. The van der Waals surface area contributed by atoms with Crippen molar-refractivity contribution in [2.24, 2.45) is 5.41 Å². The van der Waals surface area contributed by atoms with Crippen LogP contribution in [-0.4, -0.2) is 26.4 Å². The molecule has 1 spiro atoms. The molecule has 0 amide bonds. The van der Waals surface area contributed by atoms with E-state index in [0.717, 1.165) is 22.6 Å². The predicted octanol–water partition coefficient (Wildman–Crippen LogP) is 7.89.